The maximum Gasteiger partial charge on any atom is 0.321 e. The third kappa shape index (κ3) is 4.19. The number of aliphatic carboxylic acids is 1. The maximum atomic E-state index is 14.0. The smallest absolute Gasteiger partial charge is 0.321 e. The zero-order chi connectivity index (χ0) is 22.3. The van der Waals surface area contributed by atoms with Crippen LogP contribution in [0, 0.1) is 34.9 Å². The molecule has 1 N–H and O–H groups in total. The molecule has 0 aliphatic heterocycles. The van der Waals surface area contributed by atoms with Crippen LogP contribution in [-0.2, 0) is 21.4 Å². The van der Waals surface area contributed by atoms with Crippen LogP contribution < -0.4 is 0 Å². The molecule has 0 bridgehead atoms. The van der Waals surface area contributed by atoms with E-state index < -0.39 is 68.4 Å². The molecule has 0 saturated carbocycles. The van der Waals surface area contributed by atoms with Gasteiger partial charge in [0.05, 0.1) is 0 Å². The summed E-state index contributed by atoms with van der Waals surface area (Å²) in [5, 5.41) is 8.79. The van der Waals surface area contributed by atoms with Crippen molar-refractivity contribution in [3.63, 3.8) is 0 Å². The Morgan fingerprint density at radius 2 is 1.52 bits per heavy atom. The van der Waals surface area contributed by atoms with Crippen molar-refractivity contribution in [3.8, 4) is 0 Å². The zero-order valence-corrected chi connectivity index (χ0v) is 15.8. The van der Waals surface area contributed by atoms with Crippen molar-refractivity contribution in [3.05, 3.63) is 63.7 Å². The lowest BCUT2D eigenvalue weighted by atomic mass is 10.2. The number of sulfonamides is 1. The molecule has 0 unspecified atom stereocenters. The van der Waals surface area contributed by atoms with Crippen LogP contribution in [0.1, 0.15) is 12.5 Å². The van der Waals surface area contributed by atoms with Crippen LogP contribution in [0.2, 0.25) is 5.02 Å². The summed E-state index contributed by atoms with van der Waals surface area (Å²) in [4.78, 5) is 9.09. The van der Waals surface area contributed by atoms with Crippen molar-refractivity contribution in [1.29, 1.82) is 0 Å². The summed E-state index contributed by atoms with van der Waals surface area (Å²) in [7, 11) is -5.59. The zero-order valence-electron chi connectivity index (χ0n) is 14.2. The fourth-order valence-electron chi connectivity index (χ4n) is 2.30. The number of rotatable bonds is 6. The summed E-state index contributed by atoms with van der Waals surface area (Å²) in [6, 6.07) is 0.547. The van der Waals surface area contributed by atoms with Crippen molar-refractivity contribution in [1.82, 2.24) is 4.31 Å². The van der Waals surface area contributed by atoms with Gasteiger partial charge in [-0.2, -0.15) is 4.31 Å². The molecule has 2 aromatic rings. The van der Waals surface area contributed by atoms with E-state index in [4.69, 9.17) is 16.7 Å². The Morgan fingerprint density at radius 3 is 1.97 bits per heavy atom. The van der Waals surface area contributed by atoms with Gasteiger partial charge in [0.1, 0.15) is 11.9 Å². The van der Waals surface area contributed by atoms with Crippen LogP contribution in [0.25, 0.3) is 0 Å². The molecule has 0 radical (unpaired) electrons. The van der Waals surface area contributed by atoms with Crippen LogP contribution in [-0.4, -0.2) is 29.8 Å². The van der Waals surface area contributed by atoms with Crippen molar-refractivity contribution >= 4 is 27.6 Å². The minimum atomic E-state index is -5.59. The molecule has 0 amide bonds. The first-order chi connectivity index (χ1) is 13.3. The second kappa shape index (κ2) is 8.20. The summed E-state index contributed by atoms with van der Waals surface area (Å²) < 4.78 is 107. The predicted molar refractivity (Wildman–Crippen MR) is 87.5 cm³/mol. The van der Waals surface area contributed by atoms with Crippen molar-refractivity contribution in [2.24, 2.45) is 0 Å². The Labute approximate surface area is 165 Å². The van der Waals surface area contributed by atoms with E-state index in [9.17, 15) is 39.6 Å². The fourth-order valence-corrected chi connectivity index (χ4v) is 4.21. The number of carbonyl (C=O) groups is 1. The van der Waals surface area contributed by atoms with Gasteiger partial charge < -0.3 is 5.11 Å². The predicted octanol–water partition coefficient (Wildman–Crippen LogP) is 3.84. The highest BCUT2D eigenvalue weighted by molar-refractivity contribution is 7.89. The highest BCUT2D eigenvalue weighted by atomic mass is 35.5. The highest BCUT2D eigenvalue weighted by Gasteiger charge is 2.41. The molecule has 2 rings (SSSR count). The normalized spacial score (nSPS) is 13.0. The van der Waals surface area contributed by atoms with Gasteiger partial charge in [-0.25, -0.2) is 34.8 Å². The van der Waals surface area contributed by atoms with Gasteiger partial charge in [-0.3, -0.25) is 4.79 Å². The number of halogens is 7. The summed E-state index contributed by atoms with van der Waals surface area (Å²) in [6.07, 6.45) is 0. The van der Waals surface area contributed by atoms with Crippen molar-refractivity contribution in [2.45, 2.75) is 24.4 Å². The third-order valence-electron chi connectivity index (χ3n) is 3.87. The SMILES string of the molecule is C[C@H](C(=O)O)N(Cc1ccc(F)cc1Cl)S(=O)(=O)c1c(F)c(F)c(F)c(F)c1F. The lowest BCUT2D eigenvalue weighted by Crippen LogP contribution is -2.43. The van der Waals surface area contributed by atoms with E-state index in [1.807, 2.05) is 0 Å². The number of carboxylic acid groups (broad SMARTS) is 1. The Hall–Kier alpha value is -2.31. The van der Waals surface area contributed by atoms with E-state index in [-0.39, 0.29) is 14.9 Å². The summed E-state index contributed by atoms with van der Waals surface area (Å²) in [5.41, 5.74) is -0.186. The Balaban J connectivity index is 2.73. The molecule has 0 fully saturated rings. The first kappa shape index (κ1) is 23.0. The van der Waals surface area contributed by atoms with Crippen LogP contribution in [0.4, 0.5) is 26.3 Å². The number of hydrogen-bond donors (Lipinski definition) is 1. The number of nitrogens with zero attached hydrogens (tertiary/aromatic N) is 1. The number of carboxylic acids is 1. The lowest BCUT2D eigenvalue weighted by Gasteiger charge is -2.26. The van der Waals surface area contributed by atoms with E-state index in [0.717, 1.165) is 25.1 Å². The molecule has 29 heavy (non-hydrogen) atoms. The molecule has 13 heteroatoms. The second-order valence-electron chi connectivity index (χ2n) is 5.70. The Kier molecular flexibility index (Phi) is 6.50. The van der Waals surface area contributed by atoms with Crippen LogP contribution in [0.3, 0.4) is 0 Å². The van der Waals surface area contributed by atoms with Gasteiger partial charge in [0.2, 0.25) is 15.8 Å². The molecule has 0 aromatic heterocycles. The lowest BCUT2D eigenvalue weighted by molar-refractivity contribution is -0.141. The number of benzene rings is 2. The van der Waals surface area contributed by atoms with Gasteiger partial charge >= 0.3 is 5.97 Å². The largest absolute Gasteiger partial charge is 0.480 e. The summed E-state index contributed by atoms with van der Waals surface area (Å²) >= 11 is 5.76. The minimum Gasteiger partial charge on any atom is -0.480 e. The van der Waals surface area contributed by atoms with Crippen LogP contribution in [0.5, 0.6) is 0 Å². The first-order valence-corrected chi connectivity index (χ1v) is 9.32. The average molecular weight is 462 g/mol. The minimum absolute atomic E-state index is 0.0350. The molecule has 2 aromatic carbocycles. The van der Waals surface area contributed by atoms with E-state index in [0.29, 0.717) is 0 Å². The highest BCUT2D eigenvalue weighted by Crippen LogP contribution is 2.31. The molecule has 0 heterocycles. The maximum absolute atomic E-state index is 14.0. The van der Waals surface area contributed by atoms with E-state index in [1.54, 1.807) is 0 Å². The van der Waals surface area contributed by atoms with E-state index >= 15 is 0 Å². The molecular weight excluding hydrogens is 452 g/mol. The molecule has 0 saturated heterocycles. The number of hydrogen-bond acceptors (Lipinski definition) is 3. The van der Waals surface area contributed by atoms with Gasteiger partial charge in [0.15, 0.2) is 28.2 Å². The topological polar surface area (TPSA) is 74.7 Å². The van der Waals surface area contributed by atoms with Gasteiger partial charge in [0.25, 0.3) is 0 Å². The molecule has 1 atom stereocenters. The summed E-state index contributed by atoms with van der Waals surface area (Å²) in [6.45, 7) is -0.169. The average Bonchev–Trinajstić information content (AvgIpc) is 2.63. The van der Waals surface area contributed by atoms with E-state index in [2.05, 4.69) is 0 Å². The Bertz CT molecular complexity index is 1070. The third-order valence-corrected chi connectivity index (χ3v) is 6.16. The van der Waals surface area contributed by atoms with Gasteiger partial charge in [-0.15, -0.1) is 0 Å². The van der Waals surface area contributed by atoms with Crippen molar-refractivity contribution in [2.75, 3.05) is 0 Å². The van der Waals surface area contributed by atoms with E-state index in [1.165, 1.54) is 0 Å². The molecule has 0 aliphatic carbocycles. The van der Waals surface area contributed by atoms with Gasteiger partial charge in [-0.05, 0) is 24.6 Å². The van der Waals surface area contributed by atoms with Crippen LogP contribution >= 0.6 is 11.6 Å². The molecule has 0 spiro atoms. The molecule has 158 valence electrons. The standard InChI is InChI=1S/C16H10ClF6NO4S/c1-6(16(25)26)24(5-7-2-3-8(18)4-9(7)17)29(27,28)15-13(22)11(20)10(19)12(21)14(15)23/h2-4,6H,5H2,1H3,(H,25,26)/t6-/m1/s1. The molecule has 0 aliphatic rings. The summed E-state index contributed by atoms with van der Waals surface area (Å²) in [5.74, 6) is -15.6. The quantitative estimate of drug-likeness (QED) is 0.403. The fraction of sp³-hybridized carbons (Fsp3) is 0.188. The Morgan fingerprint density at radius 1 is 1.03 bits per heavy atom. The van der Waals surface area contributed by atoms with Crippen molar-refractivity contribution < 1.29 is 44.7 Å². The molecule has 5 nitrogen and oxygen atoms in total. The molecular formula is C16H10ClF6NO4S. The monoisotopic (exact) mass is 461 g/mol. The van der Waals surface area contributed by atoms with Gasteiger partial charge in [-0.1, -0.05) is 17.7 Å². The first-order valence-electron chi connectivity index (χ1n) is 7.50. The second-order valence-corrected chi connectivity index (χ2v) is 7.93. The van der Waals surface area contributed by atoms with Gasteiger partial charge in [0, 0.05) is 11.6 Å². The van der Waals surface area contributed by atoms with Crippen LogP contribution in [0.15, 0.2) is 23.1 Å².